The zero-order valence-electron chi connectivity index (χ0n) is 8.03. The minimum absolute atomic E-state index is 0.0624. The molecule has 0 radical (unpaired) electrons. The fourth-order valence-electron chi connectivity index (χ4n) is 1.56. The minimum Gasteiger partial charge on any atom is -0.160 e. The Bertz CT molecular complexity index is 191. The van der Waals surface area contributed by atoms with Crippen molar-refractivity contribution in [2.75, 3.05) is 11.6 Å². The van der Waals surface area contributed by atoms with E-state index < -0.39 is 5.51 Å². The van der Waals surface area contributed by atoms with Gasteiger partial charge in [0.05, 0.1) is 0 Å². The van der Waals surface area contributed by atoms with Gasteiger partial charge < -0.3 is 0 Å². The second-order valence-electron chi connectivity index (χ2n) is 4.11. The highest BCUT2D eigenvalue weighted by Gasteiger charge is 2.41. The van der Waals surface area contributed by atoms with Crippen LogP contribution < -0.4 is 0 Å². The number of alkyl halides is 4. The van der Waals surface area contributed by atoms with Crippen molar-refractivity contribution in [2.24, 2.45) is 11.3 Å². The van der Waals surface area contributed by atoms with Crippen LogP contribution in [0.1, 0.15) is 26.2 Å². The molecular formula is C9H14ClF3S. The Morgan fingerprint density at radius 1 is 1.36 bits per heavy atom. The van der Waals surface area contributed by atoms with Gasteiger partial charge in [-0.25, -0.2) is 0 Å². The maximum Gasteiger partial charge on any atom is 0.441 e. The van der Waals surface area contributed by atoms with E-state index in [1.807, 2.05) is 6.92 Å². The highest BCUT2D eigenvalue weighted by molar-refractivity contribution is 8.00. The van der Waals surface area contributed by atoms with Crippen LogP contribution in [0.4, 0.5) is 13.2 Å². The highest BCUT2D eigenvalue weighted by atomic mass is 35.5. The molecule has 0 spiro atoms. The molecule has 0 nitrogen and oxygen atoms in total. The van der Waals surface area contributed by atoms with Crippen molar-refractivity contribution in [1.82, 2.24) is 0 Å². The fraction of sp³-hybridized carbons (Fsp3) is 1.00. The van der Waals surface area contributed by atoms with Crippen LogP contribution >= 0.6 is 23.4 Å². The van der Waals surface area contributed by atoms with Gasteiger partial charge in [-0.15, -0.1) is 11.6 Å². The van der Waals surface area contributed by atoms with E-state index in [4.69, 9.17) is 11.6 Å². The number of thioether (sulfide) groups is 1. The standard InChI is InChI=1S/C9H14ClF3S/c1-8(6-10,7-2-3-7)4-5-14-9(11,12)13/h7H,2-6H2,1H3. The number of hydrogen-bond donors (Lipinski definition) is 0. The summed E-state index contributed by atoms with van der Waals surface area (Å²) < 4.78 is 35.6. The second kappa shape index (κ2) is 4.52. The lowest BCUT2D eigenvalue weighted by Gasteiger charge is -2.26. The van der Waals surface area contributed by atoms with E-state index in [1.54, 1.807) is 0 Å². The molecule has 0 aromatic carbocycles. The summed E-state index contributed by atoms with van der Waals surface area (Å²) in [5.41, 5.74) is -4.18. The summed E-state index contributed by atoms with van der Waals surface area (Å²) >= 11 is 5.87. The molecule has 5 heteroatoms. The van der Waals surface area contributed by atoms with E-state index in [1.165, 1.54) is 0 Å². The number of halogens is 4. The largest absolute Gasteiger partial charge is 0.441 e. The molecule has 1 atom stereocenters. The molecule has 1 rings (SSSR count). The van der Waals surface area contributed by atoms with Crippen LogP contribution in [0.3, 0.4) is 0 Å². The number of rotatable bonds is 5. The molecule has 1 aliphatic rings. The molecule has 0 amide bonds. The summed E-state index contributed by atoms with van der Waals surface area (Å²) in [5.74, 6) is 1.15. The average Bonchev–Trinajstić information content (AvgIpc) is 2.83. The minimum atomic E-state index is -4.10. The third-order valence-electron chi connectivity index (χ3n) is 2.81. The first-order chi connectivity index (χ1) is 6.37. The molecule has 0 aromatic heterocycles. The van der Waals surface area contributed by atoms with Crippen molar-refractivity contribution < 1.29 is 13.2 Å². The van der Waals surface area contributed by atoms with Gasteiger partial charge in [0.1, 0.15) is 0 Å². The lowest BCUT2D eigenvalue weighted by molar-refractivity contribution is -0.0329. The van der Waals surface area contributed by atoms with Crippen LogP contribution in [-0.4, -0.2) is 17.1 Å². The Kier molecular flexibility index (Phi) is 4.03. The molecule has 0 aromatic rings. The van der Waals surface area contributed by atoms with Crippen molar-refractivity contribution >= 4 is 23.4 Å². The zero-order valence-corrected chi connectivity index (χ0v) is 9.61. The van der Waals surface area contributed by atoms with E-state index >= 15 is 0 Å². The summed E-state index contributed by atoms with van der Waals surface area (Å²) in [5, 5.41) is 0. The molecule has 84 valence electrons. The summed E-state index contributed by atoms with van der Waals surface area (Å²) in [6, 6.07) is 0. The van der Waals surface area contributed by atoms with Crippen molar-refractivity contribution in [2.45, 2.75) is 31.7 Å². The van der Waals surface area contributed by atoms with Crippen LogP contribution in [-0.2, 0) is 0 Å². The molecule has 0 saturated heterocycles. The first-order valence-corrected chi connectivity index (χ1v) is 6.16. The van der Waals surface area contributed by atoms with Crippen molar-refractivity contribution in [3.8, 4) is 0 Å². The van der Waals surface area contributed by atoms with E-state index in [9.17, 15) is 13.2 Å². The Morgan fingerprint density at radius 3 is 2.29 bits per heavy atom. The van der Waals surface area contributed by atoms with Gasteiger partial charge in [0.2, 0.25) is 0 Å². The van der Waals surface area contributed by atoms with Gasteiger partial charge in [0, 0.05) is 11.6 Å². The van der Waals surface area contributed by atoms with Crippen LogP contribution in [0, 0.1) is 11.3 Å². The molecular weight excluding hydrogens is 233 g/mol. The topological polar surface area (TPSA) is 0 Å². The zero-order chi connectivity index (χ0) is 10.8. The quantitative estimate of drug-likeness (QED) is 0.653. The Balaban J connectivity index is 2.27. The maximum atomic E-state index is 11.9. The predicted octanol–water partition coefficient (Wildman–Crippen LogP) is 4.28. The maximum absolute atomic E-state index is 11.9. The summed E-state index contributed by atoms with van der Waals surface area (Å²) in [6.45, 7) is 1.99. The monoisotopic (exact) mass is 246 g/mol. The summed E-state index contributed by atoms with van der Waals surface area (Å²) in [6.07, 6.45) is 2.81. The predicted molar refractivity (Wildman–Crippen MR) is 54.7 cm³/mol. The first-order valence-electron chi connectivity index (χ1n) is 4.64. The summed E-state index contributed by atoms with van der Waals surface area (Å²) in [4.78, 5) is 0. The van der Waals surface area contributed by atoms with Gasteiger partial charge in [-0.3, -0.25) is 0 Å². The fourth-order valence-corrected chi connectivity index (χ4v) is 2.71. The van der Waals surface area contributed by atoms with Crippen LogP contribution in [0.15, 0.2) is 0 Å². The van der Waals surface area contributed by atoms with E-state index in [0.717, 1.165) is 12.8 Å². The molecule has 14 heavy (non-hydrogen) atoms. The van der Waals surface area contributed by atoms with Gasteiger partial charge in [-0.1, -0.05) is 18.7 Å². The molecule has 0 aliphatic heterocycles. The highest BCUT2D eigenvalue weighted by Crippen LogP contribution is 2.49. The van der Waals surface area contributed by atoms with Gasteiger partial charge in [-0.2, -0.15) is 13.2 Å². The van der Waals surface area contributed by atoms with Crippen molar-refractivity contribution in [3.63, 3.8) is 0 Å². The molecule has 1 fully saturated rings. The molecule has 1 aliphatic carbocycles. The first kappa shape index (κ1) is 12.5. The molecule has 0 bridgehead atoms. The molecule has 0 heterocycles. The van der Waals surface area contributed by atoms with Crippen LogP contribution in [0.5, 0.6) is 0 Å². The van der Waals surface area contributed by atoms with Gasteiger partial charge in [-0.05, 0) is 30.6 Å². The third-order valence-corrected chi connectivity index (χ3v) is 4.15. The Morgan fingerprint density at radius 2 is 1.93 bits per heavy atom. The van der Waals surface area contributed by atoms with Gasteiger partial charge >= 0.3 is 5.51 Å². The van der Waals surface area contributed by atoms with E-state index in [-0.39, 0.29) is 22.9 Å². The van der Waals surface area contributed by atoms with Gasteiger partial charge in [0.25, 0.3) is 0 Å². The Labute approximate surface area is 91.6 Å². The van der Waals surface area contributed by atoms with Gasteiger partial charge in [0.15, 0.2) is 0 Å². The average molecular weight is 247 g/mol. The Hall–Kier alpha value is 0.430. The molecule has 1 unspecified atom stereocenters. The SMILES string of the molecule is CC(CCl)(CCSC(F)(F)F)C1CC1. The molecule has 1 saturated carbocycles. The lowest BCUT2D eigenvalue weighted by atomic mass is 9.84. The normalized spacial score (nSPS) is 22.1. The van der Waals surface area contributed by atoms with Crippen LogP contribution in [0.25, 0.3) is 0 Å². The lowest BCUT2D eigenvalue weighted by Crippen LogP contribution is -2.22. The van der Waals surface area contributed by atoms with Crippen molar-refractivity contribution in [1.29, 1.82) is 0 Å². The third kappa shape index (κ3) is 3.89. The molecule has 0 N–H and O–H groups in total. The number of hydrogen-bond acceptors (Lipinski definition) is 1. The van der Waals surface area contributed by atoms with Crippen molar-refractivity contribution in [3.05, 3.63) is 0 Å². The second-order valence-corrected chi connectivity index (χ2v) is 5.53. The van der Waals surface area contributed by atoms with E-state index in [0.29, 0.717) is 18.2 Å². The summed E-state index contributed by atoms with van der Waals surface area (Å²) in [7, 11) is 0. The van der Waals surface area contributed by atoms with Crippen LogP contribution in [0.2, 0.25) is 0 Å². The smallest absolute Gasteiger partial charge is 0.160 e. The van der Waals surface area contributed by atoms with E-state index in [2.05, 4.69) is 0 Å².